The van der Waals surface area contributed by atoms with Gasteiger partial charge >= 0.3 is 0 Å². The fraction of sp³-hybridized carbons (Fsp3) is 0.464. The molecule has 2 fully saturated rings. The van der Waals surface area contributed by atoms with Crippen molar-refractivity contribution < 1.29 is 32.5 Å². The first-order valence-electron chi connectivity index (χ1n) is 12.8. The number of carbonyl (C=O) groups excluding carboxylic acids is 1. The molecular formula is C28H31F3N2O4. The van der Waals surface area contributed by atoms with Gasteiger partial charge < -0.3 is 19.5 Å². The number of fused-ring (bicyclic) bond motifs is 1. The van der Waals surface area contributed by atoms with Crippen molar-refractivity contribution in [3.8, 4) is 11.5 Å². The molecule has 3 heterocycles. The fourth-order valence-corrected chi connectivity index (χ4v) is 5.74. The SMILES string of the molecule is O=C(C=Cc1cc(F)c(F)c(F)c1)N1CCC(C(CO)N2CCC(c3ccc4c(c3)OCO4)CC2)CC1. The van der Waals surface area contributed by atoms with Gasteiger partial charge in [0.15, 0.2) is 29.0 Å². The highest BCUT2D eigenvalue weighted by Crippen LogP contribution is 2.38. The van der Waals surface area contributed by atoms with Crippen LogP contribution in [0.4, 0.5) is 13.2 Å². The van der Waals surface area contributed by atoms with Gasteiger partial charge in [0, 0.05) is 25.2 Å². The number of halogens is 3. The maximum Gasteiger partial charge on any atom is 0.246 e. The second-order valence-electron chi connectivity index (χ2n) is 9.97. The van der Waals surface area contributed by atoms with E-state index in [-0.39, 0.29) is 36.8 Å². The second-order valence-corrected chi connectivity index (χ2v) is 9.97. The molecule has 0 aromatic heterocycles. The highest BCUT2D eigenvalue weighted by molar-refractivity contribution is 5.91. The molecule has 0 radical (unpaired) electrons. The summed E-state index contributed by atoms with van der Waals surface area (Å²) in [5, 5.41) is 10.2. The zero-order chi connectivity index (χ0) is 25.9. The summed E-state index contributed by atoms with van der Waals surface area (Å²) in [6, 6.07) is 7.93. The molecule has 3 aliphatic heterocycles. The Labute approximate surface area is 214 Å². The number of benzene rings is 2. The zero-order valence-corrected chi connectivity index (χ0v) is 20.5. The molecule has 0 saturated carbocycles. The van der Waals surface area contributed by atoms with Crippen LogP contribution in [0.5, 0.6) is 11.5 Å². The van der Waals surface area contributed by atoms with Crippen molar-refractivity contribution in [3.63, 3.8) is 0 Å². The van der Waals surface area contributed by atoms with Crippen molar-refractivity contribution in [1.82, 2.24) is 9.80 Å². The van der Waals surface area contributed by atoms with E-state index in [9.17, 15) is 23.1 Å². The number of aliphatic hydroxyl groups is 1. The minimum Gasteiger partial charge on any atom is -0.454 e. The summed E-state index contributed by atoms with van der Waals surface area (Å²) in [6.07, 6.45) is 6.10. The molecule has 5 rings (SSSR count). The summed E-state index contributed by atoms with van der Waals surface area (Å²) < 4.78 is 50.9. The van der Waals surface area contributed by atoms with Crippen LogP contribution >= 0.6 is 0 Å². The van der Waals surface area contributed by atoms with Crippen LogP contribution in [0.15, 0.2) is 36.4 Å². The van der Waals surface area contributed by atoms with E-state index in [1.54, 1.807) is 4.90 Å². The molecule has 0 spiro atoms. The molecule has 1 atom stereocenters. The minimum atomic E-state index is -1.53. The molecule has 0 bridgehead atoms. The van der Waals surface area contributed by atoms with Gasteiger partial charge in [-0.15, -0.1) is 0 Å². The van der Waals surface area contributed by atoms with Gasteiger partial charge in [-0.3, -0.25) is 9.69 Å². The molecule has 37 heavy (non-hydrogen) atoms. The number of piperidine rings is 2. The van der Waals surface area contributed by atoms with E-state index >= 15 is 0 Å². The van der Waals surface area contributed by atoms with E-state index in [1.807, 2.05) is 6.07 Å². The first-order chi connectivity index (χ1) is 17.9. The molecule has 9 heteroatoms. The normalized spacial score (nSPS) is 20.1. The molecule has 2 aromatic rings. The Morgan fingerprint density at radius 2 is 1.65 bits per heavy atom. The number of likely N-dealkylation sites (tertiary alicyclic amines) is 2. The summed E-state index contributed by atoms with van der Waals surface area (Å²) in [7, 11) is 0. The summed E-state index contributed by atoms with van der Waals surface area (Å²) >= 11 is 0. The first-order valence-corrected chi connectivity index (χ1v) is 12.8. The van der Waals surface area contributed by atoms with Crippen molar-refractivity contribution in [2.75, 3.05) is 39.6 Å². The Bertz CT molecular complexity index is 1140. The molecule has 1 amide bonds. The molecule has 6 nitrogen and oxygen atoms in total. The van der Waals surface area contributed by atoms with Crippen molar-refractivity contribution >= 4 is 12.0 Å². The van der Waals surface area contributed by atoms with Gasteiger partial charge in [0.2, 0.25) is 12.7 Å². The second kappa shape index (κ2) is 11.1. The summed E-state index contributed by atoms with van der Waals surface area (Å²) in [6.45, 7) is 3.24. The third kappa shape index (κ3) is 5.62. The van der Waals surface area contributed by atoms with E-state index in [4.69, 9.17) is 9.47 Å². The van der Waals surface area contributed by atoms with Crippen LogP contribution in [0.25, 0.3) is 6.08 Å². The van der Waals surface area contributed by atoms with Gasteiger partial charge in [0.05, 0.1) is 6.61 Å². The van der Waals surface area contributed by atoms with E-state index in [1.165, 1.54) is 17.7 Å². The maximum absolute atomic E-state index is 13.4. The molecular weight excluding hydrogens is 485 g/mol. The van der Waals surface area contributed by atoms with Crippen molar-refractivity contribution in [1.29, 1.82) is 0 Å². The van der Waals surface area contributed by atoms with Crippen LogP contribution in [-0.4, -0.2) is 66.4 Å². The molecule has 2 saturated heterocycles. The number of rotatable bonds is 6. The van der Waals surface area contributed by atoms with Crippen molar-refractivity contribution in [2.24, 2.45) is 5.92 Å². The third-order valence-corrected chi connectivity index (χ3v) is 7.87. The van der Waals surface area contributed by atoms with E-state index in [0.717, 1.165) is 62.4 Å². The number of ether oxygens (including phenoxy) is 2. The minimum absolute atomic E-state index is 0.0515. The number of hydrogen-bond donors (Lipinski definition) is 1. The summed E-state index contributed by atoms with van der Waals surface area (Å²) in [5.41, 5.74) is 1.35. The highest BCUT2D eigenvalue weighted by Gasteiger charge is 2.33. The highest BCUT2D eigenvalue weighted by atomic mass is 19.2. The van der Waals surface area contributed by atoms with Crippen molar-refractivity contribution in [2.45, 2.75) is 37.6 Å². The number of nitrogens with zero attached hydrogens (tertiary/aromatic N) is 2. The van der Waals surface area contributed by atoms with Gasteiger partial charge in [-0.25, -0.2) is 13.2 Å². The topological polar surface area (TPSA) is 62.2 Å². The van der Waals surface area contributed by atoms with Crippen LogP contribution in [0, 0.1) is 23.4 Å². The Balaban J connectivity index is 1.12. The van der Waals surface area contributed by atoms with Crippen LogP contribution in [0.3, 0.4) is 0 Å². The van der Waals surface area contributed by atoms with Crippen LogP contribution in [-0.2, 0) is 4.79 Å². The number of carbonyl (C=O) groups is 1. The average Bonchev–Trinajstić information content (AvgIpc) is 3.39. The van der Waals surface area contributed by atoms with E-state index in [2.05, 4.69) is 17.0 Å². The first kappa shape index (κ1) is 25.6. The van der Waals surface area contributed by atoms with Crippen LogP contribution in [0.1, 0.15) is 42.7 Å². The van der Waals surface area contributed by atoms with E-state index in [0.29, 0.717) is 19.0 Å². The summed E-state index contributed by atoms with van der Waals surface area (Å²) in [4.78, 5) is 16.7. The Hall–Kier alpha value is -3.04. The number of aliphatic hydroxyl groups excluding tert-OH is 1. The average molecular weight is 517 g/mol. The number of amides is 1. The molecule has 3 aliphatic rings. The van der Waals surface area contributed by atoms with Gasteiger partial charge in [0.25, 0.3) is 0 Å². The Morgan fingerprint density at radius 1 is 0.973 bits per heavy atom. The molecule has 1 N–H and O–H groups in total. The van der Waals surface area contributed by atoms with Crippen molar-refractivity contribution in [3.05, 3.63) is 65.0 Å². The number of hydrogen-bond acceptors (Lipinski definition) is 5. The van der Waals surface area contributed by atoms with Crippen LogP contribution in [0.2, 0.25) is 0 Å². The predicted molar refractivity (Wildman–Crippen MR) is 132 cm³/mol. The van der Waals surface area contributed by atoms with Gasteiger partial charge in [0.1, 0.15) is 0 Å². The molecule has 198 valence electrons. The molecule has 2 aromatic carbocycles. The lowest BCUT2D eigenvalue weighted by atomic mass is 9.84. The molecule has 1 unspecified atom stereocenters. The van der Waals surface area contributed by atoms with E-state index < -0.39 is 17.5 Å². The quantitative estimate of drug-likeness (QED) is 0.458. The third-order valence-electron chi connectivity index (χ3n) is 7.87. The predicted octanol–water partition coefficient (Wildman–Crippen LogP) is 4.32. The zero-order valence-electron chi connectivity index (χ0n) is 20.5. The lowest BCUT2D eigenvalue weighted by molar-refractivity contribution is -0.127. The van der Waals surface area contributed by atoms with Crippen LogP contribution < -0.4 is 9.47 Å². The maximum atomic E-state index is 13.4. The largest absolute Gasteiger partial charge is 0.454 e. The molecule has 0 aliphatic carbocycles. The fourth-order valence-electron chi connectivity index (χ4n) is 5.74. The lowest BCUT2D eigenvalue weighted by Gasteiger charge is -2.43. The Morgan fingerprint density at radius 3 is 2.32 bits per heavy atom. The lowest BCUT2D eigenvalue weighted by Crippen LogP contribution is -2.50. The monoisotopic (exact) mass is 516 g/mol. The standard InChI is InChI=1S/C28H31F3N2O4/c29-22-13-18(14-23(30)28(22)31)1-4-27(35)33-11-7-20(8-12-33)24(16-34)32-9-5-19(6-10-32)21-2-3-25-26(15-21)37-17-36-25/h1-4,13-15,19-20,24,34H,5-12,16-17H2. The van der Waals surface area contributed by atoms with Gasteiger partial charge in [-0.05, 0) is 92.1 Å². The van der Waals surface area contributed by atoms with Gasteiger partial charge in [-0.2, -0.15) is 0 Å². The smallest absolute Gasteiger partial charge is 0.246 e. The Kier molecular flexibility index (Phi) is 7.71. The summed E-state index contributed by atoms with van der Waals surface area (Å²) in [5.74, 6) is -2.04. The van der Waals surface area contributed by atoms with Gasteiger partial charge in [-0.1, -0.05) is 6.07 Å².